The Morgan fingerprint density at radius 3 is 0.782 bits per heavy atom. The molecule has 0 saturated carbocycles. The number of carbonyl (C=O) groups is 1. The van der Waals surface area contributed by atoms with Crippen molar-refractivity contribution in [1.82, 2.24) is 30.4 Å². The summed E-state index contributed by atoms with van der Waals surface area (Å²) < 4.78 is 0. The molecule has 8 N–H and O–H groups in total. The number of piperidine rings is 2. The van der Waals surface area contributed by atoms with Crippen LogP contribution >= 0.6 is 89.7 Å². The summed E-state index contributed by atoms with van der Waals surface area (Å²) in [6.07, 6.45) is 2.66. The van der Waals surface area contributed by atoms with Gasteiger partial charge in [-0.15, -0.1) is 20.4 Å². The Morgan fingerprint density at radius 2 is 0.571 bits per heavy atom. The molecule has 0 amide bonds. The average molecular weight is 2270 g/mol. The Balaban J connectivity index is 0.000000212. The van der Waals surface area contributed by atoms with E-state index in [9.17, 15) is 10.2 Å². The van der Waals surface area contributed by atoms with Crippen molar-refractivity contribution in [1.29, 1.82) is 0 Å². The Morgan fingerprint density at radius 1 is 0.353 bits per heavy atom. The third-order valence-electron chi connectivity index (χ3n) is 20.3. The van der Waals surface area contributed by atoms with Crippen LogP contribution in [-0.4, -0.2) is 102 Å². The molecule has 2 aliphatic heterocycles. The van der Waals surface area contributed by atoms with Gasteiger partial charge in [-0.05, 0) is 147 Å². The van der Waals surface area contributed by atoms with Gasteiger partial charge in [0.15, 0.2) is 16.8 Å². The summed E-state index contributed by atoms with van der Waals surface area (Å²) in [6, 6.07) is 139. The van der Waals surface area contributed by atoms with Crippen LogP contribution in [0.5, 0.6) is 0 Å². The molecule has 133 heavy (non-hydrogen) atoms. The number of aliphatic hydroxyl groups is 2. The van der Waals surface area contributed by atoms with Crippen LogP contribution in [0.2, 0.25) is 25.2 Å². The molecular weight excluding hydrogens is 2170 g/mol. The van der Waals surface area contributed by atoms with E-state index in [0.29, 0.717) is 90.1 Å². The minimum Gasteiger partial charge on any atom is -1.00 e. The van der Waals surface area contributed by atoms with E-state index in [1.165, 1.54) is 69.7 Å². The molecule has 18 rings (SSSR count). The Hall–Kier alpha value is -6.43. The van der Waals surface area contributed by atoms with E-state index < -0.39 is 50.0 Å². The number of benzene rings is 14. The Bertz CT molecular complexity index is 5180. The molecule has 30 heteroatoms. The average Bonchev–Trinajstić information content (AvgIpc) is 0.800. The minimum absolute atomic E-state index is 0. The molecule has 14 aromatic carbocycles. The van der Waals surface area contributed by atoms with E-state index >= 15 is 0 Å². The fourth-order valence-corrected chi connectivity index (χ4v) is 23.7. The summed E-state index contributed by atoms with van der Waals surface area (Å²) in [5.74, 6) is 1.36. The molecule has 2 aliphatic rings. The van der Waals surface area contributed by atoms with Crippen LogP contribution in [0.15, 0.2) is 400 Å². The Labute approximate surface area is 942 Å². The van der Waals surface area contributed by atoms with E-state index in [1.54, 1.807) is 30.3 Å². The number of rotatable bonds is 17. The van der Waals surface area contributed by atoms with E-state index in [2.05, 4.69) is 399 Å². The summed E-state index contributed by atoms with van der Waals surface area (Å²) in [7, 11) is -3.35. The Kier molecular flexibility index (Phi) is 50.3. The van der Waals surface area contributed by atoms with Gasteiger partial charge in [0.2, 0.25) is 11.9 Å². The predicted molar refractivity (Wildman–Crippen MR) is 548 cm³/mol. The number of anilines is 4. The molecule has 0 aliphatic carbocycles. The van der Waals surface area contributed by atoms with Crippen molar-refractivity contribution in [2.75, 3.05) is 47.4 Å². The van der Waals surface area contributed by atoms with Gasteiger partial charge >= 0.3 is 145 Å². The van der Waals surface area contributed by atoms with Gasteiger partial charge in [0.25, 0.3) is 6.47 Å². The van der Waals surface area contributed by atoms with Gasteiger partial charge in [-0.3, -0.25) is 4.79 Å². The van der Waals surface area contributed by atoms with Crippen LogP contribution in [-0.2, 0) is 30.1 Å². The number of nitrogens with two attached hydrogens (primary N) is 2. The molecule has 0 radical (unpaired) electrons. The number of carbonyl (C=O) groups excluding carboxylic acids is 1. The second-order valence-corrected chi connectivity index (χ2v) is 40.6. The second kappa shape index (κ2) is 59.8. The normalized spacial score (nSPS) is 12.4. The first-order chi connectivity index (χ1) is 63.2. The largest absolute Gasteiger partial charge is 1.00 e. The van der Waals surface area contributed by atoms with Crippen molar-refractivity contribution in [3.8, 4) is 11.3 Å². The number of halogens is 5. The van der Waals surface area contributed by atoms with Gasteiger partial charge in [0, 0.05) is 57.6 Å². The molecule has 0 bridgehead atoms. The number of hydrogen-bond acceptors (Lipinski definition) is 17. The smallest absolute Gasteiger partial charge is 1.00 e. The molecule has 16 aromatic rings. The van der Waals surface area contributed by atoms with E-state index in [4.69, 9.17) is 89.6 Å². The summed E-state index contributed by atoms with van der Waals surface area (Å²) in [4.78, 5) is 23.6. The van der Waals surface area contributed by atoms with Crippen LogP contribution < -0.4 is 233 Å². The molecule has 2 saturated heterocycles. The van der Waals surface area contributed by atoms with Crippen LogP contribution in [0.1, 0.15) is 41.0 Å². The van der Waals surface area contributed by atoms with Crippen molar-refractivity contribution in [2.24, 2.45) is 0 Å². The second-order valence-electron chi connectivity index (χ2n) is 29.8. The van der Waals surface area contributed by atoms with Gasteiger partial charge in [-0.2, -0.15) is 9.97 Å². The fraction of sp³-hybridized carbons (Fsp3) is 0.117. The van der Waals surface area contributed by atoms with Crippen LogP contribution in [0.4, 0.5) is 23.5 Å². The molecule has 0 atom stereocenters. The first kappa shape index (κ1) is 112. The van der Waals surface area contributed by atoms with E-state index in [0.717, 1.165) is 0 Å². The maximum absolute atomic E-state index is 10.0. The maximum atomic E-state index is 10.0. The van der Waals surface area contributed by atoms with E-state index in [-0.39, 0.29) is 193 Å². The van der Waals surface area contributed by atoms with Crippen molar-refractivity contribution in [3.63, 3.8) is 0 Å². The molecule has 4 heterocycles. The zero-order valence-electron chi connectivity index (χ0n) is 74.7. The molecule has 672 valence electrons. The fourth-order valence-electron chi connectivity index (χ4n) is 13.6. The summed E-state index contributed by atoms with van der Waals surface area (Å²) >= 11 is 29.1. The first-order valence-corrected chi connectivity index (χ1v) is 48.8. The monoisotopic (exact) mass is 2270 g/mol. The first-order valence-electron chi connectivity index (χ1n) is 41.6. The van der Waals surface area contributed by atoms with Crippen LogP contribution in [0.3, 0.4) is 0 Å². The van der Waals surface area contributed by atoms with Crippen LogP contribution in [0.25, 0.3) is 11.3 Å². The number of nitrogens with zero attached hydrogens (tertiary/aromatic N) is 8. The summed E-state index contributed by atoms with van der Waals surface area (Å²) in [6.45, 7) is 6.18. The van der Waals surface area contributed by atoms with Gasteiger partial charge in [0.1, 0.15) is 5.69 Å². The van der Waals surface area contributed by atoms with Gasteiger partial charge in [-0.25, -0.2) is 0 Å². The van der Waals surface area contributed by atoms with Gasteiger partial charge in [0.05, 0.1) is 31.3 Å². The molecule has 0 unspecified atom stereocenters. The standard InChI is InChI=1S/4C18H15P.C15H17Cl2N5O.C9H14ClN5O.C6H5BCl2O2.CH2O3.2Cs.Pd.H/c4*1-4-10-16(11-5-1)19(17-12-6-2-7-13-17)18-14-8-3-9-15-18;1-15(23)5-7-22(8-6-15)14-19-13(18)12(20-21-14)9-3-2-4-10(16)11(9)17;1-9(16)2-4-15(5-3-9)8-12-7(11)6(10)13-14-8;8-5-3-1-2-4(6(5)9)7(10)11;2-1-4-3;;;;/h4*1-15H;2-4,23H,5-8H2,1H3,(H2,18,19,21);16H,2-5H2,1H3,(H2,11,12,14);1-3,10-11H;1,3H;;;;/q;;;;;;;;2*+1;;-1/p-1. The quantitative estimate of drug-likeness (QED) is 0.0163. The SMILES string of the molecule is CC1(O)CCN(c2nnc(-c3cccc(Cl)c3Cl)c(N)n2)CC1.CC1(O)CCN(c2nnc(Cl)c(N)n2)CC1.O=CO[O-].OB(O)c1cccc(Cl)c1Cl.[Cs+].[Cs+].[H-].[Pd].c1ccc(P(c2ccccc2)c2ccccc2)cc1.c1ccc(P(c2ccccc2)c2ccccc2)cc1.c1ccc(P(c2ccccc2)c2ccccc2)cc1.c1ccc(P(c2ccccc2)c2ccccc2)cc1. The predicted octanol–water partition coefficient (Wildman–Crippen LogP) is 10.2. The molecule has 2 fully saturated rings. The minimum atomic E-state index is -1.57. The van der Waals surface area contributed by atoms with Gasteiger partial charge < -0.3 is 53.1 Å². The molecule has 17 nitrogen and oxygen atoms in total. The van der Waals surface area contributed by atoms with Crippen molar-refractivity contribution < 1.29 is 195 Å². The number of hydrogen-bond donors (Lipinski definition) is 6. The number of nitrogen functional groups attached to an aromatic ring is 2. The number of aromatic nitrogens is 6. The summed E-state index contributed by atoms with van der Waals surface area (Å²) in [5.41, 5.74) is 11.6. The van der Waals surface area contributed by atoms with Crippen LogP contribution in [0, 0.1) is 0 Å². The summed E-state index contributed by atoms with van der Waals surface area (Å²) in [5, 5.41) is 79.9. The van der Waals surface area contributed by atoms with Gasteiger partial charge in [-0.1, -0.05) is 446 Å². The zero-order valence-corrected chi connectivity index (χ0v) is 95.1. The zero-order chi connectivity index (χ0) is 91.9. The maximum Gasteiger partial charge on any atom is 1.00 e. The third kappa shape index (κ3) is 35.4. The third-order valence-corrected chi connectivity index (χ3v) is 32.0. The van der Waals surface area contributed by atoms with E-state index in [1.807, 2.05) is 23.6 Å². The molecule has 2 aromatic heterocycles. The molecular formula is C103H98BCl5Cs2N10O7P4Pd. The van der Waals surface area contributed by atoms with Crippen molar-refractivity contribution in [2.45, 2.75) is 50.7 Å². The van der Waals surface area contributed by atoms with Crippen molar-refractivity contribution in [3.05, 3.63) is 426 Å². The topological polar surface area (TPSA) is 266 Å². The molecule has 0 spiro atoms. The van der Waals surface area contributed by atoms with Crippen molar-refractivity contribution >= 4 is 196 Å².